The molecule has 0 bridgehead atoms. The van der Waals surface area contributed by atoms with E-state index in [-0.39, 0.29) is 11.8 Å². The minimum absolute atomic E-state index is 0.0333. The number of rotatable bonds is 2. The van der Waals surface area contributed by atoms with Gasteiger partial charge in [0.15, 0.2) is 5.75 Å². The number of hydrogen-bond acceptors (Lipinski definition) is 7. The first kappa shape index (κ1) is 21.3. The van der Waals surface area contributed by atoms with Gasteiger partial charge in [-0.3, -0.25) is 0 Å². The zero-order chi connectivity index (χ0) is 24.0. The number of benzene rings is 2. The van der Waals surface area contributed by atoms with E-state index in [1.165, 1.54) is 0 Å². The number of aliphatic imine (C=N–C) groups is 1. The third-order valence-corrected chi connectivity index (χ3v) is 6.59. The first-order valence-electron chi connectivity index (χ1n) is 11.4. The fraction of sp³-hybridized carbons (Fsp3) is 0.222. The molecule has 7 nitrogen and oxygen atoms in total. The van der Waals surface area contributed by atoms with Gasteiger partial charge in [-0.15, -0.1) is 0 Å². The van der Waals surface area contributed by atoms with Gasteiger partial charge in [0.2, 0.25) is 0 Å². The summed E-state index contributed by atoms with van der Waals surface area (Å²) in [5, 5.41) is 9.33. The Balaban J connectivity index is 1.57. The van der Waals surface area contributed by atoms with E-state index >= 15 is 4.39 Å². The van der Waals surface area contributed by atoms with Gasteiger partial charge < -0.3 is 19.9 Å². The van der Waals surface area contributed by atoms with Crippen LogP contribution in [-0.4, -0.2) is 30.8 Å². The molecule has 6 rings (SSSR count). The monoisotopic (exact) mass is 468 g/mol. The van der Waals surface area contributed by atoms with Crippen molar-refractivity contribution in [2.45, 2.75) is 18.4 Å². The number of pyridine rings is 1. The van der Waals surface area contributed by atoms with Crippen LogP contribution in [0.25, 0.3) is 16.7 Å². The molecule has 0 fully saturated rings. The Morgan fingerprint density at radius 1 is 1.06 bits per heavy atom. The maximum Gasteiger partial charge on any atom is 0.283 e. The van der Waals surface area contributed by atoms with Crippen LogP contribution in [0, 0.1) is 17.3 Å². The van der Waals surface area contributed by atoms with Crippen LogP contribution in [-0.2, 0) is 15.0 Å². The summed E-state index contributed by atoms with van der Waals surface area (Å²) >= 11 is 0. The predicted molar refractivity (Wildman–Crippen MR) is 127 cm³/mol. The maximum absolute atomic E-state index is 15.4. The molecule has 0 unspecified atom stereocenters. The molecule has 0 aliphatic carbocycles. The molecule has 0 radical (unpaired) electrons. The highest BCUT2D eigenvalue weighted by atomic mass is 19.1. The maximum atomic E-state index is 15.4. The number of aromatic nitrogens is 1. The summed E-state index contributed by atoms with van der Waals surface area (Å²) in [6.45, 7) is 1.31. The van der Waals surface area contributed by atoms with Gasteiger partial charge in [0, 0.05) is 17.5 Å². The van der Waals surface area contributed by atoms with Crippen molar-refractivity contribution in [3.63, 3.8) is 0 Å². The zero-order valence-corrected chi connectivity index (χ0v) is 18.8. The van der Waals surface area contributed by atoms with Crippen LogP contribution < -0.4 is 10.5 Å². The van der Waals surface area contributed by atoms with E-state index in [4.69, 9.17) is 24.9 Å². The Kier molecular flexibility index (Phi) is 5.01. The lowest BCUT2D eigenvalue weighted by Gasteiger charge is -2.39. The quantitative estimate of drug-likeness (QED) is 0.550. The summed E-state index contributed by atoms with van der Waals surface area (Å²) in [5.41, 5.74) is 9.99. The van der Waals surface area contributed by atoms with Gasteiger partial charge in [0.1, 0.15) is 11.3 Å². The van der Waals surface area contributed by atoms with Crippen molar-refractivity contribution >= 4 is 11.6 Å². The van der Waals surface area contributed by atoms with Crippen molar-refractivity contribution in [2.24, 2.45) is 10.7 Å². The summed E-state index contributed by atoms with van der Waals surface area (Å²) in [6.07, 6.45) is 3.20. The van der Waals surface area contributed by atoms with Crippen molar-refractivity contribution in [1.29, 1.82) is 5.26 Å². The van der Waals surface area contributed by atoms with E-state index in [0.29, 0.717) is 48.8 Å². The highest BCUT2D eigenvalue weighted by Gasteiger charge is 2.46. The molecule has 2 N–H and O–H groups in total. The summed E-state index contributed by atoms with van der Waals surface area (Å²) in [5.74, 6) is -0.193. The normalized spacial score (nSPS) is 20.5. The Labute approximate surface area is 201 Å². The Hall–Kier alpha value is -4.22. The number of hydrogen-bond donors (Lipinski definition) is 1. The second-order valence-corrected chi connectivity index (χ2v) is 8.66. The molecule has 3 aliphatic heterocycles. The zero-order valence-electron chi connectivity index (χ0n) is 18.8. The summed E-state index contributed by atoms with van der Waals surface area (Å²) in [7, 11) is 0. The van der Waals surface area contributed by atoms with Crippen LogP contribution in [0.3, 0.4) is 0 Å². The summed E-state index contributed by atoms with van der Waals surface area (Å²) in [4.78, 5) is 8.93. The highest BCUT2D eigenvalue weighted by molar-refractivity contribution is 5.77. The fourth-order valence-electron chi connectivity index (χ4n) is 4.92. The average Bonchev–Trinajstić information content (AvgIpc) is 2.90. The lowest BCUT2D eigenvalue weighted by Crippen LogP contribution is -2.39. The van der Waals surface area contributed by atoms with Gasteiger partial charge in [0.05, 0.1) is 37.1 Å². The topological polar surface area (TPSA) is 103 Å². The molecule has 8 heteroatoms. The van der Waals surface area contributed by atoms with Gasteiger partial charge in [-0.2, -0.15) is 9.65 Å². The van der Waals surface area contributed by atoms with Gasteiger partial charge in [-0.1, -0.05) is 24.3 Å². The largest absolute Gasteiger partial charge is 0.465 e. The van der Waals surface area contributed by atoms with E-state index in [0.717, 1.165) is 28.7 Å². The van der Waals surface area contributed by atoms with Crippen LogP contribution in [0.4, 0.5) is 4.39 Å². The fourth-order valence-corrected chi connectivity index (χ4v) is 4.92. The second-order valence-electron chi connectivity index (χ2n) is 8.66. The molecule has 0 amide bonds. The van der Waals surface area contributed by atoms with Crippen molar-refractivity contribution < 1.29 is 18.6 Å². The molecular weight excluding hydrogens is 447 g/mol. The van der Waals surface area contributed by atoms with Crippen molar-refractivity contribution in [3.8, 4) is 28.7 Å². The van der Waals surface area contributed by atoms with E-state index in [1.807, 2.05) is 42.5 Å². The van der Waals surface area contributed by atoms with Gasteiger partial charge in [-0.05, 0) is 53.5 Å². The Bertz CT molecular complexity index is 1460. The summed E-state index contributed by atoms with van der Waals surface area (Å²) < 4.78 is 32.5. The van der Waals surface area contributed by atoms with E-state index in [2.05, 4.69) is 11.1 Å². The van der Waals surface area contributed by atoms with Crippen molar-refractivity contribution in [3.05, 3.63) is 82.9 Å². The standard InChI is InChI=1S/C27H21FN4O3/c28-25-24-21(13-22(31-25)19-5-2-9-33-15-19)27(8-10-34-26(30)32-27)20-12-18(6-7-23(20)35-24)17-4-1-3-16(11-17)14-29/h1,3-7,11-13H,2,8-10,15H2,(H2,30,32)/t27-/m1/s1. The highest BCUT2D eigenvalue weighted by Crippen LogP contribution is 2.53. The molecular formula is C27H21FN4O3. The first-order valence-corrected chi connectivity index (χ1v) is 11.4. The molecule has 35 heavy (non-hydrogen) atoms. The van der Waals surface area contributed by atoms with Gasteiger partial charge in [-0.25, -0.2) is 9.98 Å². The minimum Gasteiger partial charge on any atom is -0.465 e. The minimum atomic E-state index is -1.01. The lowest BCUT2D eigenvalue weighted by atomic mass is 9.77. The van der Waals surface area contributed by atoms with Crippen LogP contribution in [0.1, 0.15) is 35.2 Å². The third-order valence-electron chi connectivity index (χ3n) is 6.59. The molecule has 1 atom stereocenters. The number of nitrogens with two attached hydrogens (primary N) is 1. The Morgan fingerprint density at radius 2 is 1.94 bits per heavy atom. The second kappa shape index (κ2) is 8.22. The molecule has 174 valence electrons. The van der Waals surface area contributed by atoms with E-state index < -0.39 is 11.5 Å². The molecule has 0 saturated heterocycles. The average molecular weight is 468 g/mol. The number of halogens is 1. The van der Waals surface area contributed by atoms with Crippen LogP contribution in [0.2, 0.25) is 0 Å². The van der Waals surface area contributed by atoms with Gasteiger partial charge >= 0.3 is 0 Å². The van der Waals surface area contributed by atoms with Gasteiger partial charge in [0.25, 0.3) is 12.0 Å². The van der Waals surface area contributed by atoms with Crippen LogP contribution >= 0.6 is 0 Å². The molecule has 2 aromatic carbocycles. The summed E-state index contributed by atoms with van der Waals surface area (Å²) in [6, 6.07) is 17.0. The molecule has 3 aliphatic rings. The number of amidine groups is 1. The van der Waals surface area contributed by atoms with Crippen LogP contribution in [0.15, 0.2) is 59.6 Å². The third kappa shape index (κ3) is 3.52. The molecule has 1 aromatic heterocycles. The smallest absolute Gasteiger partial charge is 0.283 e. The first-order chi connectivity index (χ1) is 17.1. The van der Waals surface area contributed by atoms with Crippen molar-refractivity contribution in [1.82, 2.24) is 4.98 Å². The molecule has 4 heterocycles. The number of nitriles is 1. The predicted octanol–water partition coefficient (Wildman–Crippen LogP) is 4.65. The van der Waals surface area contributed by atoms with Crippen molar-refractivity contribution in [2.75, 3.05) is 19.8 Å². The van der Waals surface area contributed by atoms with E-state index in [9.17, 15) is 5.26 Å². The van der Waals surface area contributed by atoms with Crippen LogP contribution in [0.5, 0.6) is 11.5 Å². The SMILES string of the molecule is N#Cc1cccc(-c2ccc3c(c2)[C@]2(CCOC(N)=N2)c2cc(C4=CCCOC4)nc(F)c2O3)c1. The Morgan fingerprint density at radius 3 is 2.74 bits per heavy atom. The molecule has 1 spiro atoms. The number of nitrogens with zero attached hydrogens (tertiary/aromatic N) is 3. The molecule has 0 saturated carbocycles. The number of fused-ring (bicyclic) bond motifs is 4. The molecule has 3 aromatic rings. The van der Waals surface area contributed by atoms with E-state index in [1.54, 1.807) is 12.1 Å². The lowest BCUT2D eigenvalue weighted by molar-refractivity contribution is 0.164. The number of ether oxygens (including phenoxy) is 3.